The highest BCUT2D eigenvalue weighted by Gasteiger charge is 2.02. The molecule has 0 radical (unpaired) electrons. The van der Waals surface area contributed by atoms with Crippen molar-refractivity contribution in [3.8, 4) is 0 Å². The van der Waals surface area contributed by atoms with Crippen LogP contribution < -0.4 is 5.73 Å². The summed E-state index contributed by atoms with van der Waals surface area (Å²) in [5.74, 6) is 0. The summed E-state index contributed by atoms with van der Waals surface area (Å²) in [6.45, 7) is 1.75. The average Bonchev–Trinajstić information content (AvgIpc) is 2.33. The van der Waals surface area contributed by atoms with Gasteiger partial charge < -0.3 is 5.73 Å². The van der Waals surface area contributed by atoms with Crippen LogP contribution in [-0.4, -0.2) is 16.9 Å². The van der Waals surface area contributed by atoms with Gasteiger partial charge in [-0.25, -0.2) is 0 Å². The lowest BCUT2D eigenvalue weighted by Crippen LogP contribution is -2.17. The van der Waals surface area contributed by atoms with Crippen molar-refractivity contribution in [2.75, 3.05) is 12.8 Å². The van der Waals surface area contributed by atoms with Gasteiger partial charge in [0.25, 0.3) is 0 Å². The number of anilines is 1. The quantitative estimate of drug-likeness (QED) is 0.871. The van der Waals surface area contributed by atoms with Gasteiger partial charge >= 0.3 is 0 Å². The van der Waals surface area contributed by atoms with Gasteiger partial charge in [-0.05, 0) is 24.7 Å². The molecule has 1 aromatic carbocycles. The van der Waals surface area contributed by atoms with Crippen molar-refractivity contribution in [1.82, 2.24) is 9.88 Å². The van der Waals surface area contributed by atoms with E-state index in [1.54, 1.807) is 6.20 Å². The maximum Gasteiger partial charge on any atom is 0.0545 e. The normalized spacial score (nSPS) is 10.7. The van der Waals surface area contributed by atoms with E-state index in [9.17, 15) is 0 Å². The van der Waals surface area contributed by atoms with Crippen LogP contribution in [0.5, 0.6) is 0 Å². The fourth-order valence-corrected chi connectivity index (χ4v) is 1.76. The molecule has 3 heteroatoms. The Morgan fingerprint density at radius 3 is 2.47 bits per heavy atom. The third kappa shape index (κ3) is 3.57. The lowest BCUT2D eigenvalue weighted by atomic mass is 10.2. The number of nitrogens with two attached hydrogens (primary N) is 1. The zero-order valence-corrected chi connectivity index (χ0v) is 10.0. The average molecular weight is 227 g/mol. The summed E-state index contributed by atoms with van der Waals surface area (Å²) in [6.07, 6.45) is 1.70. The fraction of sp³-hybridized carbons (Fsp3) is 0.214. The van der Waals surface area contributed by atoms with E-state index in [1.807, 2.05) is 18.2 Å². The molecule has 0 saturated carbocycles. The van der Waals surface area contributed by atoms with E-state index < -0.39 is 0 Å². The van der Waals surface area contributed by atoms with Crippen LogP contribution >= 0.6 is 0 Å². The molecule has 88 valence electrons. The maximum atomic E-state index is 5.60. The SMILES string of the molecule is CN(Cc1ccccc1)Cc1ccc(N)cn1. The van der Waals surface area contributed by atoms with E-state index in [-0.39, 0.29) is 0 Å². The van der Waals surface area contributed by atoms with Crippen molar-refractivity contribution in [3.63, 3.8) is 0 Å². The molecule has 1 heterocycles. The topological polar surface area (TPSA) is 42.1 Å². The third-order valence-corrected chi connectivity index (χ3v) is 2.57. The first-order valence-electron chi connectivity index (χ1n) is 5.67. The fourth-order valence-electron chi connectivity index (χ4n) is 1.76. The van der Waals surface area contributed by atoms with E-state index in [0.717, 1.165) is 18.8 Å². The standard InChI is InChI=1S/C14H17N3/c1-17(10-12-5-3-2-4-6-12)11-14-8-7-13(15)9-16-14/h2-9H,10-11,15H2,1H3. The van der Waals surface area contributed by atoms with Gasteiger partial charge in [0, 0.05) is 13.1 Å². The van der Waals surface area contributed by atoms with Crippen molar-refractivity contribution < 1.29 is 0 Å². The molecule has 3 nitrogen and oxygen atoms in total. The van der Waals surface area contributed by atoms with E-state index >= 15 is 0 Å². The van der Waals surface area contributed by atoms with Gasteiger partial charge in [-0.1, -0.05) is 30.3 Å². The molecule has 0 atom stereocenters. The largest absolute Gasteiger partial charge is 0.397 e. The van der Waals surface area contributed by atoms with Crippen LogP contribution in [0, 0.1) is 0 Å². The Morgan fingerprint density at radius 2 is 1.82 bits per heavy atom. The van der Waals surface area contributed by atoms with Gasteiger partial charge in [0.15, 0.2) is 0 Å². The Bertz CT molecular complexity index is 451. The minimum atomic E-state index is 0.708. The first kappa shape index (κ1) is 11.6. The summed E-state index contributed by atoms with van der Waals surface area (Å²) in [7, 11) is 2.09. The molecule has 0 fully saturated rings. The molecule has 0 saturated heterocycles. The minimum absolute atomic E-state index is 0.708. The van der Waals surface area contributed by atoms with Gasteiger partial charge in [-0.3, -0.25) is 9.88 Å². The van der Waals surface area contributed by atoms with Crippen molar-refractivity contribution in [2.45, 2.75) is 13.1 Å². The van der Waals surface area contributed by atoms with E-state index in [0.29, 0.717) is 5.69 Å². The number of aromatic nitrogens is 1. The second kappa shape index (κ2) is 5.46. The Balaban J connectivity index is 1.93. The summed E-state index contributed by atoms with van der Waals surface area (Å²) in [6, 6.07) is 14.3. The molecule has 0 aliphatic rings. The smallest absolute Gasteiger partial charge is 0.0545 e. The minimum Gasteiger partial charge on any atom is -0.397 e. The molecule has 2 aromatic rings. The number of nitrogens with zero attached hydrogens (tertiary/aromatic N) is 2. The zero-order valence-electron chi connectivity index (χ0n) is 10.0. The highest BCUT2D eigenvalue weighted by atomic mass is 15.1. The molecule has 0 amide bonds. The summed E-state index contributed by atoms with van der Waals surface area (Å²) >= 11 is 0. The summed E-state index contributed by atoms with van der Waals surface area (Å²) in [5.41, 5.74) is 8.66. The lowest BCUT2D eigenvalue weighted by molar-refractivity contribution is 0.315. The number of hydrogen-bond acceptors (Lipinski definition) is 3. The lowest BCUT2D eigenvalue weighted by Gasteiger charge is -2.16. The number of nitrogen functional groups attached to an aromatic ring is 1. The molecule has 0 bridgehead atoms. The van der Waals surface area contributed by atoms with E-state index in [4.69, 9.17) is 5.73 Å². The molecule has 0 aliphatic carbocycles. The van der Waals surface area contributed by atoms with Crippen molar-refractivity contribution in [1.29, 1.82) is 0 Å². The molecule has 1 aromatic heterocycles. The van der Waals surface area contributed by atoms with E-state index in [2.05, 4.69) is 41.2 Å². The van der Waals surface area contributed by atoms with Crippen LogP contribution in [0.15, 0.2) is 48.7 Å². The molecular formula is C14H17N3. The summed E-state index contributed by atoms with van der Waals surface area (Å²) < 4.78 is 0. The van der Waals surface area contributed by atoms with Crippen molar-refractivity contribution >= 4 is 5.69 Å². The van der Waals surface area contributed by atoms with Crippen LogP contribution in [0.2, 0.25) is 0 Å². The number of rotatable bonds is 4. The molecular weight excluding hydrogens is 210 g/mol. The van der Waals surface area contributed by atoms with Gasteiger partial charge in [0.2, 0.25) is 0 Å². The monoisotopic (exact) mass is 227 g/mol. The van der Waals surface area contributed by atoms with Crippen LogP contribution in [0.25, 0.3) is 0 Å². The molecule has 2 rings (SSSR count). The van der Waals surface area contributed by atoms with Gasteiger partial charge in [-0.2, -0.15) is 0 Å². The third-order valence-electron chi connectivity index (χ3n) is 2.57. The molecule has 0 spiro atoms. The van der Waals surface area contributed by atoms with Crippen LogP contribution in [0.4, 0.5) is 5.69 Å². The number of pyridine rings is 1. The van der Waals surface area contributed by atoms with E-state index in [1.165, 1.54) is 5.56 Å². The van der Waals surface area contributed by atoms with Crippen LogP contribution in [-0.2, 0) is 13.1 Å². The zero-order chi connectivity index (χ0) is 12.1. The van der Waals surface area contributed by atoms with Crippen LogP contribution in [0.3, 0.4) is 0 Å². The van der Waals surface area contributed by atoms with Gasteiger partial charge in [0.05, 0.1) is 17.6 Å². The Kier molecular flexibility index (Phi) is 3.73. The molecule has 2 N–H and O–H groups in total. The molecule has 0 aliphatic heterocycles. The Labute approximate surface area is 102 Å². The van der Waals surface area contributed by atoms with Crippen LogP contribution in [0.1, 0.15) is 11.3 Å². The highest BCUT2D eigenvalue weighted by molar-refractivity contribution is 5.34. The second-order valence-corrected chi connectivity index (χ2v) is 4.24. The first-order valence-corrected chi connectivity index (χ1v) is 5.67. The Morgan fingerprint density at radius 1 is 1.06 bits per heavy atom. The number of benzene rings is 1. The predicted molar refractivity (Wildman–Crippen MR) is 70.3 cm³/mol. The summed E-state index contributed by atoms with van der Waals surface area (Å²) in [4.78, 5) is 6.52. The number of hydrogen-bond donors (Lipinski definition) is 1. The highest BCUT2D eigenvalue weighted by Crippen LogP contribution is 2.07. The maximum absolute atomic E-state index is 5.60. The summed E-state index contributed by atoms with van der Waals surface area (Å²) in [5, 5.41) is 0. The van der Waals surface area contributed by atoms with Gasteiger partial charge in [-0.15, -0.1) is 0 Å². The van der Waals surface area contributed by atoms with Gasteiger partial charge in [0.1, 0.15) is 0 Å². The first-order chi connectivity index (χ1) is 8.24. The van der Waals surface area contributed by atoms with Crippen molar-refractivity contribution in [2.24, 2.45) is 0 Å². The van der Waals surface area contributed by atoms with Crippen molar-refractivity contribution in [3.05, 3.63) is 59.9 Å². The second-order valence-electron chi connectivity index (χ2n) is 4.24. The molecule has 17 heavy (non-hydrogen) atoms. The molecule has 0 unspecified atom stereocenters. The Hall–Kier alpha value is -1.87. The predicted octanol–water partition coefficient (Wildman–Crippen LogP) is 2.30.